The van der Waals surface area contributed by atoms with E-state index in [9.17, 15) is 15.3 Å². The zero-order valence-corrected chi connectivity index (χ0v) is 10.4. The van der Waals surface area contributed by atoms with Crippen molar-refractivity contribution in [1.29, 1.82) is 0 Å². The molecule has 5 atom stereocenters. The summed E-state index contributed by atoms with van der Waals surface area (Å²) in [5.74, 6) is 0. The van der Waals surface area contributed by atoms with Crippen LogP contribution in [0, 0.1) is 0 Å². The summed E-state index contributed by atoms with van der Waals surface area (Å²) in [7, 11) is 0. The molecule has 19 heavy (non-hydrogen) atoms. The lowest BCUT2D eigenvalue weighted by molar-refractivity contribution is -0.254. The van der Waals surface area contributed by atoms with Gasteiger partial charge in [0, 0.05) is 6.54 Å². The molecule has 6 nitrogen and oxygen atoms in total. The van der Waals surface area contributed by atoms with Crippen molar-refractivity contribution in [1.82, 2.24) is 5.32 Å². The third-order valence-electron chi connectivity index (χ3n) is 3.28. The first kappa shape index (κ1) is 14.4. The van der Waals surface area contributed by atoms with Gasteiger partial charge in [-0.1, -0.05) is 30.3 Å². The monoisotopic (exact) mass is 269 g/mol. The summed E-state index contributed by atoms with van der Waals surface area (Å²) < 4.78 is 5.05. The minimum absolute atomic E-state index is 0.430. The van der Waals surface area contributed by atoms with Gasteiger partial charge in [-0.05, 0) is 5.56 Å². The molecule has 5 N–H and O–H groups in total. The van der Waals surface area contributed by atoms with E-state index < -0.39 is 37.3 Å². The number of nitrogens with one attached hydrogen (secondary N) is 1. The van der Waals surface area contributed by atoms with E-state index in [1.807, 2.05) is 30.3 Å². The lowest BCUT2D eigenvalue weighted by Crippen LogP contribution is -2.63. The van der Waals surface area contributed by atoms with Crippen molar-refractivity contribution in [3.05, 3.63) is 35.9 Å². The number of hydrogen-bond donors (Lipinski definition) is 5. The molecule has 0 saturated carbocycles. The fourth-order valence-electron chi connectivity index (χ4n) is 2.15. The van der Waals surface area contributed by atoms with Crippen LogP contribution < -0.4 is 5.32 Å². The molecule has 1 saturated heterocycles. The van der Waals surface area contributed by atoms with Crippen molar-refractivity contribution < 1.29 is 25.2 Å². The van der Waals surface area contributed by atoms with E-state index in [1.54, 1.807) is 0 Å². The molecule has 0 aromatic heterocycles. The van der Waals surface area contributed by atoms with Gasteiger partial charge in [0.15, 0.2) is 6.29 Å². The second-order valence-electron chi connectivity index (χ2n) is 4.62. The molecule has 6 heteroatoms. The van der Waals surface area contributed by atoms with Gasteiger partial charge in [0.1, 0.15) is 18.3 Å². The van der Waals surface area contributed by atoms with Gasteiger partial charge in [-0.25, -0.2) is 0 Å². The van der Waals surface area contributed by atoms with Crippen molar-refractivity contribution in [2.75, 3.05) is 6.61 Å². The van der Waals surface area contributed by atoms with Crippen LogP contribution >= 0.6 is 0 Å². The molecule has 1 unspecified atom stereocenters. The van der Waals surface area contributed by atoms with Crippen molar-refractivity contribution in [3.8, 4) is 0 Å². The van der Waals surface area contributed by atoms with Crippen molar-refractivity contribution in [2.45, 2.75) is 37.2 Å². The smallest absolute Gasteiger partial charge is 0.173 e. The summed E-state index contributed by atoms with van der Waals surface area (Å²) in [6.45, 7) is -0.0276. The normalized spacial score (nSPS) is 35.3. The highest BCUT2D eigenvalue weighted by molar-refractivity contribution is 5.14. The average molecular weight is 269 g/mol. The molecule has 1 fully saturated rings. The van der Waals surface area contributed by atoms with Crippen LogP contribution in [0.3, 0.4) is 0 Å². The van der Waals surface area contributed by atoms with Gasteiger partial charge in [0.05, 0.1) is 12.6 Å². The Labute approximate surface area is 111 Å². The second-order valence-corrected chi connectivity index (χ2v) is 4.62. The third-order valence-corrected chi connectivity index (χ3v) is 3.28. The molecule has 1 heterocycles. The maximum atomic E-state index is 9.92. The van der Waals surface area contributed by atoms with Crippen molar-refractivity contribution >= 4 is 0 Å². The van der Waals surface area contributed by atoms with E-state index >= 15 is 0 Å². The first-order valence-electron chi connectivity index (χ1n) is 6.21. The van der Waals surface area contributed by atoms with Crippen LogP contribution in [-0.4, -0.2) is 57.7 Å². The van der Waals surface area contributed by atoms with E-state index in [1.165, 1.54) is 0 Å². The van der Waals surface area contributed by atoms with Gasteiger partial charge >= 0.3 is 0 Å². The predicted molar refractivity (Wildman–Crippen MR) is 67.0 cm³/mol. The van der Waals surface area contributed by atoms with E-state index in [2.05, 4.69) is 5.32 Å². The maximum Gasteiger partial charge on any atom is 0.173 e. The molecule has 1 aliphatic heterocycles. The zero-order valence-electron chi connectivity index (χ0n) is 10.4. The Morgan fingerprint density at radius 2 is 1.74 bits per heavy atom. The second kappa shape index (κ2) is 6.42. The highest BCUT2D eigenvalue weighted by Crippen LogP contribution is 2.20. The first-order valence-corrected chi connectivity index (χ1v) is 6.21. The molecular weight excluding hydrogens is 250 g/mol. The molecule has 0 aliphatic carbocycles. The Balaban J connectivity index is 1.96. The van der Waals surface area contributed by atoms with E-state index in [-0.39, 0.29) is 0 Å². The molecule has 0 bridgehead atoms. The predicted octanol–water partition coefficient (Wildman–Crippen LogP) is -1.42. The van der Waals surface area contributed by atoms with Gasteiger partial charge in [-0.2, -0.15) is 0 Å². The maximum absolute atomic E-state index is 9.92. The Morgan fingerprint density at radius 3 is 2.37 bits per heavy atom. The van der Waals surface area contributed by atoms with E-state index in [0.717, 1.165) is 5.56 Å². The molecule has 0 amide bonds. The van der Waals surface area contributed by atoms with Gasteiger partial charge in [-0.3, -0.25) is 0 Å². The number of benzene rings is 1. The van der Waals surface area contributed by atoms with Gasteiger partial charge < -0.3 is 30.5 Å². The fourth-order valence-corrected chi connectivity index (χ4v) is 2.15. The number of ether oxygens (including phenoxy) is 1. The summed E-state index contributed by atoms with van der Waals surface area (Å²) in [4.78, 5) is 0. The number of aliphatic hydroxyl groups is 4. The van der Waals surface area contributed by atoms with Gasteiger partial charge in [-0.15, -0.1) is 0 Å². The molecule has 106 valence electrons. The first-order chi connectivity index (χ1) is 9.13. The molecule has 1 aromatic carbocycles. The highest BCUT2D eigenvalue weighted by atomic mass is 16.6. The Kier molecular flexibility index (Phi) is 4.87. The highest BCUT2D eigenvalue weighted by Gasteiger charge is 2.43. The molecule has 0 spiro atoms. The minimum atomic E-state index is -1.28. The molecular formula is C13H19NO5. The van der Waals surface area contributed by atoms with Crippen molar-refractivity contribution in [2.24, 2.45) is 0 Å². The molecule has 1 aromatic rings. The van der Waals surface area contributed by atoms with Crippen LogP contribution in [0.5, 0.6) is 0 Å². The van der Waals surface area contributed by atoms with Crippen LogP contribution in [0.25, 0.3) is 0 Å². The Bertz CT molecular complexity index is 388. The summed E-state index contributed by atoms with van der Waals surface area (Å²) in [5.41, 5.74) is 0.987. The number of aliphatic hydroxyl groups excluding tert-OH is 4. The standard InChI is InChI=1S/C13H19NO5/c15-7-9-11(16)12(17)10(13(18)19-9)14-6-8-4-2-1-3-5-8/h1-5,9-18H,6-7H2/t9-,10+,11-,12-,13?/m1/s1. The van der Waals surface area contributed by atoms with Gasteiger partial charge in [0.25, 0.3) is 0 Å². The third kappa shape index (κ3) is 3.30. The summed E-state index contributed by atoms with van der Waals surface area (Å²) in [5, 5.41) is 41.3. The molecule has 2 rings (SSSR count). The van der Waals surface area contributed by atoms with E-state index in [4.69, 9.17) is 9.84 Å². The fraction of sp³-hybridized carbons (Fsp3) is 0.538. The Morgan fingerprint density at radius 1 is 1.05 bits per heavy atom. The van der Waals surface area contributed by atoms with Crippen LogP contribution in [-0.2, 0) is 11.3 Å². The largest absolute Gasteiger partial charge is 0.394 e. The zero-order chi connectivity index (χ0) is 13.8. The minimum Gasteiger partial charge on any atom is -0.394 e. The van der Waals surface area contributed by atoms with E-state index in [0.29, 0.717) is 6.54 Å². The summed E-state index contributed by atoms with van der Waals surface area (Å²) >= 11 is 0. The van der Waals surface area contributed by atoms with Crippen LogP contribution in [0.15, 0.2) is 30.3 Å². The summed E-state index contributed by atoms with van der Waals surface area (Å²) in [6, 6.07) is 8.67. The average Bonchev–Trinajstić information content (AvgIpc) is 2.44. The molecule has 0 radical (unpaired) electrons. The number of rotatable bonds is 4. The topological polar surface area (TPSA) is 102 Å². The lowest BCUT2D eigenvalue weighted by Gasteiger charge is -2.40. The van der Waals surface area contributed by atoms with Crippen LogP contribution in [0.2, 0.25) is 0 Å². The Hall–Kier alpha value is -1.02. The molecule has 1 aliphatic rings. The van der Waals surface area contributed by atoms with Crippen LogP contribution in [0.4, 0.5) is 0 Å². The number of hydrogen-bond acceptors (Lipinski definition) is 6. The van der Waals surface area contributed by atoms with Crippen LogP contribution in [0.1, 0.15) is 5.56 Å². The lowest BCUT2D eigenvalue weighted by atomic mass is 9.97. The summed E-state index contributed by atoms with van der Waals surface area (Å²) in [6.07, 6.45) is -4.69. The SMILES string of the molecule is OC[C@H]1OC(O)[C@@H](NCc2ccccc2)[C@@H](O)[C@@H]1O. The van der Waals surface area contributed by atoms with Crippen molar-refractivity contribution in [3.63, 3.8) is 0 Å². The van der Waals surface area contributed by atoms with Gasteiger partial charge in [0.2, 0.25) is 0 Å². The quantitative estimate of drug-likeness (QED) is 0.459.